The first-order valence-corrected chi connectivity index (χ1v) is 10.3. The molecule has 1 heterocycles. The number of nitrogens with one attached hydrogen (secondary N) is 2. The van der Waals surface area contributed by atoms with Crippen molar-refractivity contribution in [2.75, 3.05) is 13.1 Å². The number of halogens is 1. The first-order chi connectivity index (χ1) is 15.0. The molecule has 31 heavy (non-hydrogen) atoms. The van der Waals surface area contributed by atoms with Gasteiger partial charge in [0.2, 0.25) is 11.8 Å². The minimum absolute atomic E-state index is 0.0507. The molecule has 0 saturated heterocycles. The fraction of sp³-hybridized carbons (Fsp3) is 0.348. The molecule has 1 fully saturated rings. The van der Waals surface area contributed by atoms with Crippen LogP contribution >= 0.6 is 0 Å². The zero-order chi connectivity index (χ0) is 22.2. The quantitative estimate of drug-likeness (QED) is 0.602. The topological polar surface area (TPSA) is 91.7 Å². The van der Waals surface area contributed by atoms with Gasteiger partial charge in [-0.2, -0.15) is 0 Å². The van der Waals surface area contributed by atoms with E-state index in [1.165, 1.54) is 47.6 Å². The SMILES string of the molecule is C=CCN(C(=O)CNC(=O)c1ccco1)C(C(=O)NC1CCCC1)c1ccc(F)cc1. The molecule has 164 valence electrons. The van der Waals surface area contributed by atoms with Gasteiger partial charge in [-0.05, 0) is 42.7 Å². The summed E-state index contributed by atoms with van der Waals surface area (Å²) in [4.78, 5) is 39.6. The summed E-state index contributed by atoms with van der Waals surface area (Å²) in [5.41, 5.74) is 0.476. The highest BCUT2D eigenvalue weighted by molar-refractivity contribution is 5.95. The van der Waals surface area contributed by atoms with Crippen molar-refractivity contribution in [3.63, 3.8) is 0 Å². The molecule has 0 aliphatic heterocycles. The average Bonchev–Trinajstić information content (AvgIpc) is 3.47. The van der Waals surface area contributed by atoms with E-state index in [9.17, 15) is 18.8 Å². The molecule has 8 heteroatoms. The van der Waals surface area contributed by atoms with Crippen LogP contribution in [0.4, 0.5) is 4.39 Å². The first kappa shape index (κ1) is 22.3. The van der Waals surface area contributed by atoms with E-state index in [0.29, 0.717) is 5.56 Å². The lowest BCUT2D eigenvalue weighted by atomic mass is 10.0. The van der Waals surface area contributed by atoms with Gasteiger partial charge in [0.1, 0.15) is 11.9 Å². The van der Waals surface area contributed by atoms with Crippen molar-refractivity contribution in [3.8, 4) is 0 Å². The van der Waals surface area contributed by atoms with Crippen LogP contribution in [-0.4, -0.2) is 41.8 Å². The Morgan fingerprint density at radius 2 is 1.90 bits per heavy atom. The number of rotatable bonds is 9. The predicted octanol–water partition coefficient (Wildman–Crippen LogP) is 2.96. The molecule has 3 rings (SSSR count). The molecule has 1 aliphatic rings. The maximum Gasteiger partial charge on any atom is 0.287 e. The van der Waals surface area contributed by atoms with Crippen LogP contribution in [0.1, 0.15) is 47.8 Å². The molecule has 0 spiro atoms. The fourth-order valence-corrected chi connectivity index (χ4v) is 3.71. The van der Waals surface area contributed by atoms with Gasteiger partial charge < -0.3 is 20.0 Å². The first-order valence-electron chi connectivity index (χ1n) is 10.3. The number of hydrogen-bond acceptors (Lipinski definition) is 4. The molecule has 3 amide bonds. The van der Waals surface area contributed by atoms with E-state index in [0.717, 1.165) is 25.7 Å². The number of amides is 3. The highest BCUT2D eigenvalue weighted by atomic mass is 19.1. The van der Waals surface area contributed by atoms with Gasteiger partial charge in [-0.15, -0.1) is 6.58 Å². The van der Waals surface area contributed by atoms with Crippen LogP contribution in [0.25, 0.3) is 0 Å². The van der Waals surface area contributed by atoms with Crippen LogP contribution < -0.4 is 10.6 Å². The molecule has 1 atom stereocenters. The Bertz CT molecular complexity index is 905. The normalized spacial score (nSPS) is 14.6. The molecule has 1 unspecified atom stereocenters. The zero-order valence-electron chi connectivity index (χ0n) is 17.2. The van der Waals surface area contributed by atoms with Crippen molar-refractivity contribution < 1.29 is 23.2 Å². The summed E-state index contributed by atoms with van der Waals surface area (Å²) in [5, 5.41) is 5.51. The van der Waals surface area contributed by atoms with Gasteiger partial charge in [-0.1, -0.05) is 31.1 Å². The molecule has 1 aliphatic carbocycles. The molecule has 1 aromatic heterocycles. The molecule has 7 nitrogen and oxygen atoms in total. The van der Waals surface area contributed by atoms with Crippen molar-refractivity contribution in [1.29, 1.82) is 0 Å². The second-order valence-corrected chi connectivity index (χ2v) is 7.44. The van der Waals surface area contributed by atoms with Gasteiger partial charge in [0.15, 0.2) is 5.76 Å². The van der Waals surface area contributed by atoms with E-state index in [-0.39, 0.29) is 30.8 Å². The number of carbonyl (C=O) groups excluding carboxylic acids is 3. The highest BCUT2D eigenvalue weighted by Crippen LogP contribution is 2.24. The van der Waals surface area contributed by atoms with Gasteiger partial charge in [0.25, 0.3) is 5.91 Å². The smallest absolute Gasteiger partial charge is 0.287 e. The summed E-state index contributed by atoms with van der Waals surface area (Å²) in [5.74, 6) is -1.71. The Hall–Kier alpha value is -3.42. The van der Waals surface area contributed by atoms with Crippen LogP contribution in [0.2, 0.25) is 0 Å². The summed E-state index contributed by atoms with van der Waals surface area (Å²) >= 11 is 0. The van der Waals surface area contributed by atoms with Gasteiger partial charge >= 0.3 is 0 Å². The second-order valence-electron chi connectivity index (χ2n) is 7.44. The van der Waals surface area contributed by atoms with E-state index in [1.807, 2.05) is 0 Å². The summed E-state index contributed by atoms with van der Waals surface area (Å²) in [6, 6.07) is 7.59. The predicted molar refractivity (Wildman–Crippen MR) is 112 cm³/mol. The molecule has 0 radical (unpaired) electrons. The Balaban J connectivity index is 1.80. The monoisotopic (exact) mass is 427 g/mol. The van der Waals surface area contributed by atoms with Gasteiger partial charge in [0.05, 0.1) is 12.8 Å². The minimum Gasteiger partial charge on any atom is -0.459 e. The molecular weight excluding hydrogens is 401 g/mol. The number of hydrogen-bond donors (Lipinski definition) is 2. The third-order valence-electron chi connectivity index (χ3n) is 5.24. The van der Waals surface area contributed by atoms with Crippen LogP contribution in [-0.2, 0) is 9.59 Å². The Kier molecular flexibility index (Phi) is 7.59. The van der Waals surface area contributed by atoms with E-state index >= 15 is 0 Å². The number of furan rings is 1. The summed E-state index contributed by atoms with van der Waals surface area (Å²) < 4.78 is 18.5. The molecular formula is C23H26FN3O4. The Morgan fingerprint density at radius 1 is 1.19 bits per heavy atom. The van der Waals surface area contributed by atoms with Gasteiger partial charge in [-0.3, -0.25) is 14.4 Å². The van der Waals surface area contributed by atoms with Crippen molar-refractivity contribution in [2.24, 2.45) is 0 Å². The van der Waals surface area contributed by atoms with Crippen LogP contribution in [0.5, 0.6) is 0 Å². The lowest BCUT2D eigenvalue weighted by Gasteiger charge is -2.31. The van der Waals surface area contributed by atoms with Crippen molar-refractivity contribution in [3.05, 3.63) is 72.5 Å². The van der Waals surface area contributed by atoms with Gasteiger partial charge in [-0.25, -0.2) is 4.39 Å². The maximum atomic E-state index is 13.5. The third-order valence-corrected chi connectivity index (χ3v) is 5.24. The number of nitrogens with zero attached hydrogens (tertiary/aromatic N) is 1. The van der Waals surface area contributed by atoms with E-state index in [1.54, 1.807) is 6.07 Å². The average molecular weight is 427 g/mol. The van der Waals surface area contributed by atoms with Crippen LogP contribution in [0.3, 0.4) is 0 Å². The summed E-state index contributed by atoms with van der Waals surface area (Å²) in [6.07, 6.45) is 6.72. The fourth-order valence-electron chi connectivity index (χ4n) is 3.71. The molecule has 0 bridgehead atoms. The van der Waals surface area contributed by atoms with E-state index < -0.39 is 23.7 Å². The lowest BCUT2D eigenvalue weighted by Crippen LogP contribution is -2.48. The molecule has 2 aromatic rings. The molecule has 1 aromatic carbocycles. The molecule has 2 N–H and O–H groups in total. The van der Waals surface area contributed by atoms with Crippen molar-refractivity contribution in [2.45, 2.75) is 37.8 Å². The van der Waals surface area contributed by atoms with Gasteiger partial charge in [0, 0.05) is 12.6 Å². The van der Waals surface area contributed by atoms with E-state index in [2.05, 4.69) is 17.2 Å². The maximum absolute atomic E-state index is 13.5. The summed E-state index contributed by atoms with van der Waals surface area (Å²) in [7, 11) is 0. The van der Waals surface area contributed by atoms with Crippen molar-refractivity contribution in [1.82, 2.24) is 15.5 Å². The van der Waals surface area contributed by atoms with Crippen molar-refractivity contribution >= 4 is 17.7 Å². The standard InChI is InChI=1S/C23H26FN3O4/c1-2-13-27(20(28)15-25-22(29)19-8-5-14-31-19)21(16-9-11-17(24)12-10-16)23(30)26-18-6-3-4-7-18/h2,5,8-12,14,18,21H,1,3-4,6-7,13,15H2,(H,25,29)(H,26,30). The lowest BCUT2D eigenvalue weighted by molar-refractivity contribution is -0.139. The Morgan fingerprint density at radius 3 is 2.52 bits per heavy atom. The largest absolute Gasteiger partial charge is 0.459 e. The minimum atomic E-state index is -0.979. The van der Waals surface area contributed by atoms with Crippen LogP contribution in [0.15, 0.2) is 59.7 Å². The zero-order valence-corrected chi connectivity index (χ0v) is 17.2. The number of benzene rings is 1. The Labute approximate surface area is 180 Å². The van der Waals surface area contributed by atoms with Crippen LogP contribution in [0, 0.1) is 5.82 Å². The summed E-state index contributed by atoms with van der Waals surface area (Å²) in [6.45, 7) is 3.43. The number of carbonyl (C=O) groups is 3. The third kappa shape index (κ3) is 5.81. The van der Waals surface area contributed by atoms with E-state index in [4.69, 9.17) is 4.42 Å². The second kappa shape index (κ2) is 10.6. The molecule has 1 saturated carbocycles. The highest BCUT2D eigenvalue weighted by Gasteiger charge is 2.32.